The van der Waals surface area contributed by atoms with Crippen LogP contribution in [0.4, 0.5) is 18.9 Å². The van der Waals surface area contributed by atoms with E-state index in [0.29, 0.717) is 0 Å². The summed E-state index contributed by atoms with van der Waals surface area (Å²) >= 11 is 0. The van der Waals surface area contributed by atoms with E-state index >= 15 is 0 Å². The van der Waals surface area contributed by atoms with Crippen LogP contribution < -0.4 is 10.1 Å². The highest BCUT2D eigenvalue weighted by molar-refractivity contribution is 5.72. The first-order valence-electron chi connectivity index (χ1n) is 9.88. The second kappa shape index (κ2) is 9.29. The molecular formula is C24H24F3NO3. The third kappa shape index (κ3) is 4.93. The molecule has 0 radical (unpaired) electrons. The standard InChI is InChI=1S/C24H24F3NO3/c1-13-9-16(18-5-4-6-19(25)15(18)3)10-17(14(13)2)11-28-24-20(26)7-8-21(23(24)27)31-12-22(29)30/h4-10,15,19,28H,11-12H2,1-3H3,(H,29,30). The van der Waals surface area contributed by atoms with Gasteiger partial charge in [-0.15, -0.1) is 0 Å². The van der Waals surface area contributed by atoms with Crippen LogP contribution in [0.5, 0.6) is 5.75 Å². The number of aliphatic carboxylic acids is 1. The van der Waals surface area contributed by atoms with E-state index in [-0.39, 0.29) is 18.2 Å². The zero-order valence-corrected chi connectivity index (χ0v) is 17.5. The molecular weight excluding hydrogens is 407 g/mol. The van der Waals surface area contributed by atoms with E-state index in [0.717, 1.165) is 40.0 Å². The molecule has 4 nitrogen and oxygen atoms in total. The molecule has 0 fully saturated rings. The van der Waals surface area contributed by atoms with Crippen molar-refractivity contribution in [1.82, 2.24) is 0 Å². The fourth-order valence-corrected chi connectivity index (χ4v) is 3.53. The summed E-state index contributed by atoms with van der Waals surface area (Å²) in [5.41, 5.74) is 4.06. The average molecular weight is 431 g/mol. The van der Waals surface area contributed by atoms with Gasteiger partial charge >= 0.3 is 5.97 Å². The molecule has 1 aliphatic carbocycles. The molecule has 0 bridgehead atoms. The molecule has 0 heterocycles. The Kier molecular flexibility index (Phi) is 6.73. The van der Waals surface area contributed by atoms with Crippen LogP contribution in [0.3, 0.4) is 0 Å². The molecule has 31 heavy (non-hydrogen) atoms. The SMILES string of the molecule is Cc1cc(C2=CC=CC(F)C2C)cc(CNc2c(F)ccc(OCC(=O)O)c2F)c1C. The first-order valence-corrected chi connectivity index (χ1v) is 9.88. The minimum absolute atomic E-state index is 0.118. The smallest absolute Gasteiger partial charge is 0.341 e. The molecule has 2 atom stereocenters. The minimum Gasteiger partial charge on any atom is -0.479 e. The number of carboxylic acid groups (broad SMARTS) is 1. The number of carbonyl (C=O) groups is 1. The van der Waals surface area contributed by atoms with Gasteiger partial charge in [-0.1, -0.05) is 31.2 Å². The maximum absolute atomic E-state index is 14.7. The molecule has 0 saturated carbocycles. The van der Waals surface area contributed by atoms with E-state index in [1.54, 1.807) is 6.08 Å². The molecule has 2 unspecified atom stereocenters. The van der Waals surface area contributed by atoms with E-state index in [1.165, 1.54) is 6.08 Å². The van der Waals surface area contributed by atoms with Gasteiger partial charge in [-0.2, -0.15) is 0 Å². The van der Waals surface area contributed by atoms with Gasteiger partial charge in [-0.25, -0.2) is 18.0 Å². The largest absolute Gasteiger partial charge is 0.479 e. The number of rotatable bonds is 7. The number of nitrogens with one attached hydrogen (secondary N) is 1. The number of alkyl halides is 1. The van der Waals surface area contributed by atoms with Crippen molar-refractivity contribution in [2.45, 2.75) is 33.5 Å². The van der Waals surface area contributed by atoms with Crippen molar-refractivity contribution >= 4 is 17.2 Å². The maximum atomic E-state index is 14.7. The molecule has 2 aromatic rings. The van der Waals surface area contributed by atoms with Crippen molar-refractivity contribution in [3.63, 3.8) is 0 Å². The lowest BCUT2D eigenvalue weighted by Gasteiger charge is -2.23. The molecule has 2 aromatic carbocycles. The predicted molar refractivity (Wildman–Crippen MR) is 114 cm³/mol. The van der Waals surface area contributed by atoms with E-state index in [2.05, 4.69) is 5.32 Å². The van der Waals surface area contributed by atoms with Crippen LogP contribution in [0, 0.1) is 31.4 Å². The molecule has 0 aliphatic heterocycles. The van der Waals surface area contributed by atoms with Gasteiger partial charge in [0.15, 0.2) is 18.2 Å². The van der Waals surface area contributed by atoms with Gasteiger partial charge in [0, 0.05) is 12.5 Å². The van der Waals surface area contributed by atoms with Gasteiger partial charge in [-0.05, 0) is 59.9 Å². The van der Waals surface area contributed by atoms with Gasteiger partial charge in [0.25, 0.3) is 0 Å². The summed E-state index contributed by atoms with van der Waals surface area (Å²) in [7, 11) is 0. The number of allylic oxidation sites excluding steroid dienone is 4. The zero-order chi connectivity index (χ0) is 22.7. The number of ether oxygens (including phenoxy) is 1. The first kappa shape index (κ1) is 22.5. The summed E-state index contributed by atoms with van der Waals surface area (Å²) in [5, 5.41) is 11.5. The van der Waals surface area contributed by atoms with Crippen molar-refractivity contribution in [2.24, 2.45) is 5.92 Å². The molecule has 3 rings (SSSR count). The van der Waals surface area contributed by atoms with Crippen molar-refractivity contribution in [3.8, 4) is 5.75 Å². The maximum Gasteiger partial charge on any atom is 0.341 e. The molecule has 1 aliphatic rings. The molecule has 164 valence electrons. The summed E-state index contributed by atoms with van der Waals surface area (Å²) in [6.07, 6.45) is 4.02. The Morgan fingerprint density at radius 1 is 1.23 bits per heavy atom. The van der Waals surface area contributed by atoms with Crippen molar-refractivity contribution in [2.75, 3.05) is 11.9 Å². The summed E-state index contributed by atoms with van der Waals surface area (Å²) < 4.78 is 47.9. The molecule has 7 heteroatoms. The van der Waals surface area contributed by atoms with E-state index in [9.17, 15) is 18.0 Å². The van der Waals surface area contributed by atoms with Gasteiger partial charge in [0.05, 0.1) is 0 Å². The number of carboxylic acids is 1. The van der Waals surface area contributed by atoms with Gasteiger partial charge in [-0.3, -0.25) is 0 Å². The lowest BCUT2D eigenvalue weighted by molar-refractivity contribution is -0.139. The highest BCUT2D eigenvalue weighted by Crippen LogP contribution is 2.34. The third-order valence-electron chi connectivity index (χ3n) is 5.51. The van der Waals surface area contributed by atoms with E-state index in [4.69, 9.17) is 9.84 Å². The second-order valence-corrected chi connectivity index (χ2v) is 7.59. The highest BCUT2D eigenvalue weighted by Gasteiger charge is 2.22. The Labute approximate surface area is 179 Å². The first-order chi connectivity index (χ1) is 14.7. The van der Waals surface area contributed by atoms with Gasteiger partial charge in [0.2, 0.25) is 0 Å². The Balaban J connectivity index is 1.88. The molecule has 0 amide bonds. The molecule has 2 N–H and O–H groups in total. The van der Waals surface area contributed by atoms with Crippen LogP contribution in [-0.2, 0) is 11.3 Å². The fourth-order valence-electron chi connectivity index (χ4n) is 3.53. The van der Waals surface area contributed by atoms with Crippen LogP contribution in [0.25, 0.3) is 5.57 Å². The quantitative estimate of drug-likeness (QED) is 0.601. The number of halogens is 3. The van der Waals surface area contributed by atoms with Crippen LogP contribution in [0.1, 0.15) is 29.2 Å². The van der Waals surface area contributed by atoms with Crippen LogP contribution in [0.2, 0.25) is 0 Å². The summed E-state index contributed by atoms with van der Waals surface area (Å²) in [4.78, 5) is 10.7. The van der Waals surface area contributed by atoms with E-state index in [1.807, 2.05) is 39.0 Å². The Bertz CT molecular complexity index is 1060. The number of anilines is 1. The zero-order valence-electron chi connectivity index (χ0n) is 17.5. The molecule has 0 saturated heterocycles. The number of aryl methyl sites for hydroxylation is 1. The van der Waals surface area contributed by atoms with Crippen molar-refractivity contribution in [1.29, 1.82) is 0 Å². The summed E-state index contributed by atoms with van der Waals surface area (Å²) in [5.74, 6) is -3.74. The predicted octanol–water partition coefficient (Wildman–Crippen LogP) is 5.58. The van der Waals surface area contributed by atoms with Gasteiger partial charge < -0.3 is 15.2 Å². The third-order valence-corrected chi connectivity index (χ3v) is 5.51. The number of hydrogen-bond donors (Lipinski definition) is 2. The summed E-state index contributed by atoms with van der Waals surface area (Å²) in [6, 6.07) is 5.94. The topological polar surface area (TPSA) is 58.6 Å². The van der Waals surface area contributed by atoms with Crippen LogP contribution in [-0.4, -0.2) is 23.9 Å². The van der Waals surface area contributed by atoms with Crippen LogP contribution in [0.15, 0.2) is 42.5 Å². The monoisotopic (exact) mass is 431 g/mol. The lowest BCUT2D eigenvalue weighted by atomic mass is 9.85. The molecule has 0 aromatic heterocycles. The normalized spacial score (nSPS) is 17.9. The van der Waals surface area contributed by atoms with Crippen molar-refractivity contribution in [3.05, 3.63) is 76.4 Å². The Morgan fingerprint density at radius 3 is 2.68 bits per heavy atom. The Morgan fingerprint density at radius 2 is 1.97 bits per heavy atom. The van der Waals surface area contributed by atoms with Crippen LogP contribution >= 0.6 is 0 Å². The minimum atomic E-state index is -1.27. The Hall–Kier alpha value is -3.22. The van der Waals surface area contributed by atoms with Gasteiger partial charge in [0.1, 0.15) is 17.7 Å². The number of hydrogen-bond acceptors (Lipinski definition) is 3. The molecule has 0 spiro atoms. The van der Waals surface area contributed by atoms with E-state index < -0.39 is 36.1 Å². The number of benzene rings is 2. The lowest BCUT2D eigenvalue weighted by Crippen LogP contribution is -2.15. The van der Waals surface area contributed by atoms with Crippen molar-refractivity contribution < 1.29 is 27.8 Å². The second-order valence-electron chi connectivity index (χ2n) is 7.59. The fraction of sp³-hybridized carbons (Fsp3) is 0.292. The highest BCUT2D eigenvalue weighted by atomic mass is 19.1. The summed E-state index contributed by atoms with van der Waals surface area (Å²) in [6.45, 7) is 5.04. The average Bonchev–Trinajstić information content (AvgIpc) is 2.72.